The molecular formula is C60H71N3O11. The average molecular weight is 1010 g/mol. The maximum atomic E-state index is 13.5. The van der Waals surface area contributed by atoms with Crippen LogP contribution in [0, 0.1) is 0 Å². The Bertz CT molecular complexity index is 2870. The number of rotatable bonds is 22. The Kier molecular flexibility index (Phi) is 19.7. The van der Waals surface area contributed by atoms with Crippen molar-refractivity contribution in [2.24, 2.45) is 4.99 Å². The van der Waals surface area contributed by atoms with Crippen LogP contribution in [0.4, 0.5) is 0 Å². The number of aliphatic imine (C=N–C) groups is 1. The molecule has 0 atom stereocenters. The molecule has 6 aromatic rings. The molecule has 392 valence electrons. The molecule has 10 aliphatic carbocycles. The Morgan fingerprint density at radius 2 is 0.851 bits per heavy atom. The molecule has 1 amide bonds. The summed E-state index contributed by atoms with van der Waals surface area (Å²) in [5.74, 6) is 6.42. The number of nitrogens with one attached hydrogen (secondary N) is 1. The minimum absolute atomic E-state index is 0.193. The Labute approximate surface area is 436 Å². The summed E-state index contributed by atoms with van der Waals surface area (Å²) in [6, 6.07) is 25.9. The van der Waals surface area contributed by atoms with Gasteiger partial charge >= 0.3 is 0 Å². The second kappa shape index (κ2) is 26.9. The minimum atomic E-state index is -0.223. The Morgan fingerprint density at radius 1 is 0.486 bits per heavy atom. The standard InChI is InChI=1S/C60H71N3O11/c1-10-11-21-73-58-35-48-26-46-34-55(70-7)44(32-57(46)72-9)24-42-30-51(66-3)40(28-53(42)68-5)22-39-27-52(67-4)41(29-50(39)65-2)23-43-31-56(71-8)45(33-54(43)69-6)25-47(58)36-59(48)74-38-60(64)63-20-15-12-14-18-61-37-49-17-13-16-19-62-49/h13,16-17,19,27-37H,10-12,14-15,18,20-26,38H2,1-9H3,(H,63,64). The van der Waals surface area contributed by atoms with E-state index in [0.29, 0.717) is 109 Å². The van der Waals surface area contributed by atoms with Crippen LogP contribution in [0.15, 0.2) is 90.1 Å². The van der Waals surface area contributed by atoms with Gasteiger partial charge in [0.15, 0.2) is 6.61 Å². The van der Waals surface area contributed by atoms with E-state index in [-0.39, 0.29) is 12.5 Å². The molecule has 1 aromatic heterocycles. The van der Waals surface area contributed by atoms with Gasteiger partial charge in [0.2, 0.25) is 0 Å². The molecule has 0 unspecified atom stereocenters. The number of aromatic nitrogens is 1. The Morgan fingerprint density at radius 3 is 1.20 bits per heavy atom. The summed E-state index contributed by atoms with van der Waals surface area (Å²) in [5, 5.41) is 3.05. The first-order valence-corrected chi connectivity index (χ1v) is 25.2. The molecule has 0 spiro atoms. The van der Waals surface area contributed by atoms with Gasteiger partial charge in [-0.05, 0) is 98.5 Å². The third kappa shape index (κ3) is 13.7. The molecule has 5 aromatic carbocycles. The average Bonchev–Trinajstić information content (AvgIpc) is 3.42. The fraction of sp³-hybridized carbons (Fsp3) is 0.383. The van der Waals surface area contributed by atoms with Crippen LogP contribution in [-0.2, 0) is 36.9 Å². The summed E-state index contributed by atoms with van der Waals surface area (Å²) in [6.07, 6.45) is 10.1. The maximum Gasteiger partial charge on any atom is 0.257 e. The highest BCUT2D eigenvalue weighted by molar-refractivity contribution is 5.77. The first-order chi connectivity index (χ1) is 36.1. The van der Waals surface area contributed by atoms with Crippen LogP contribution in [0.2, 0.25) is 0 Å². The zero-order valence-corrected chi connectivity index (χ0v) is 44.4. The number of pyridine rings is 1. The van der Waals surface area contributed by atoms with E-state index < -0.39 is 0 Å². The lowest BCUT2D eigenvalue weighted by Gasteiger charge is -2.21. The fourth-order valence-electron chi connectivity index (χ4n) is 9.28. The zero-order chi connectivity index (χ0) is 52.4. The highest BCUT2D eigenvalue weighted by Crippen LogP contribution is 2.42. The number of methoxy groups -OCH3 is 8. The summed E-state index contributed by atoms with van der Waals surface area (Å²) in [5.41, 5.74) is 9.59. The van der Waals surface area contributed by atoms with Crippen molar-refractivity contribution in [1.29, 1.82) is 0 Å². The van der Waals surface area contributed by atoms with Gasteiger partial charge in [0, 0.05) is 113 Å². The fourth-order valence-corrected chi connectivity index (χ4v) is 9.28. The molecule has 10 aliphatic rings. The van der Waals surface area contributed by atoms with Crippen LogP contribution >= 0.6 is 0 Å². The summed E-state index contributed by atoms with van der Waals surface area (Å²) < 4.78 is 61.9. The third-order valence-corrected chi connectivity index (χ3v) is 13.2. The second-order valence-electron chi connectivity index (χ2n) is 18.0. The third-order valence-electron chi connectivity index (χ3n) is 13.2. The number of hydrogen-bond acceptors (Lipinski definition) is 13. The van der Waals surface area contributed by atoms with E-state index in [1.807, 2.05) is 78.9 Å². The van der Waals surface area contributed by atoms with Crippen LogP contribution in [-0.4, -0.2) is 100 Å². The molecule has 16 rings (SSSR count). The number of carbonyl (C=O) groups is 1. The molecule has 0 saturated carbocycles. The molecule has 14 heteroatoms. The van der Waals surface area contributed by atoms with E-state index in [1.165, 1.54) is 0 Å². The van der Waals surface area contributed by atoms with Crippen molar-refractivity contribution < 1.29 is 52.2 Å². The molecule has 0 fully saturated rings. The van der Waals surface area contributed by atoms with E-state index in [2.05, 4.69) is 22.2 Å². The van der Waals surface area contributed by atoms with Gasteiger partial charge in [-0.25, -0.2) is 0 Å². The molecule has 1 N–H and O–H groups in total. The normalized spacial score (nSPS) is 12.1. The molecule has 10 bridgehead atoms. The lowest BCUT2D eigenvalue weighted by Crippen LogP contribution is -2.29. The van der Waals surface area contributed by atoms with E-state index in [0.717, 1.165) is 93.4 Å². The molecular weight excluding hydrogens is 939 g/mol. The van der Waals surface area contributed by atoms with Gasteiger partial charge in [0.25, 0.3) is 5.91 Å². The second-order valence-corrected chi connectivity index (χ2v) is 18.0. The molecule has 0 radical (unpaired) electrons. The Balaban J connectivity index is 1.30. The monoisotopic (exact) mass is 1010 g/mol. The first kappa shape index (κ1) is 54.2. The SMILES string of the molecule is CCCCOc1cc2c(OCC(=O)NCCCCCN=Cc3ccccn3)cc1Cc1cc(OC)c(cc1OC)Cc1cc(OC)c(cc1OC)Cc1cc(OC)c(cc1OC)Cc1cc(OC)c(cc1OC)C2. The van der Waals surface area contributed by atoms with Gasteiger partial charge in [-0.3, -0.25) is 14.8 Å². The molecule has 74 heavy (non-hydrogen) atoms. The summed E-state index contributed by atoms with van der Waals surface area (Å²) in [6.45, 7) is 3.66. The predicted octanol–water partition coefficient (Wildman–Crippen LogP) is 10.4. The number of hydrogen-bond donors (Lipinski definition) is 1. The summed E-state index contributed by atoms with van der Waals surface area (Å²) in [4.78, 5) is 22.3. The van der Waals surface area contributed by atoms with Crippen LogP contribution < -0.4 is 52.7 Å². The molecule has 1 heterocycles. The van der Waals surface area contributed by atoms with Crippen molar-refractivity contribution in [1.82, 2.24) is 10.3 Å². The zero-order valence-electron chi connectivity index (χ0n) is 44.4. The Hall–Kier alpha value is -7.61. The summed E-state index contributed by atoms with van der Waals surface area (Å²) >= 11 is 0. The number of amides is 1. The van der Waals surface area contributed by atoms with Gasteiger partial charge in [0.1, 0.15) is 57.5 Å². The van der Waals surface area contributed by atoms with Crippen LogP contribution in [0.1, 0.15) is 100 Å². The highest BCUT2D eigenvalue weighted by atomic mass is 16.5. The lowest BCUT2D eigenvalue weighted by molar-refractivity contribution is -0.123. The number of ether oxygens (including phenoxy) is 10. The largest absolute Gasteiger partial charge is 0.496 e. The number of nitrogens with zero attached hydrogens (tertiary/aromatic N) is 2. The van der Waals surface area contributed by atoms with Gasteiger partial charge in [0.05, 0.1) is 69.2 Å². The minimum Gasteiger partial charge on any atom is -0.496 e. The van der Waals surface area contributed by atoms with E-state index in [9.17, 15) is 4.79 Å². The predicted molar refractivity (Wildman–Crippen MR) is 288 cm³/mol. The highest BCUT2D eigenvalue weighted by Gasteiger charge is 2.24. The first-order valence-electron chi connectivity index (χ1n) is 25.2. The topological polar surface area (TPSA) is 147 Å². The van der Waals surface area contributed by atoms with Gasteiger partial charge < -0.3 is 52.7 Å². The molecule has 0 saturated heterocycles. The van der Waals surface area contributed by atoms with Crippen molar-refractivity contribution >= 4 is 12.1 Å². The summed E-state index contributed by atoms with van der Waals surface area (Å²) in [7, 11) is 13.3. The van der Waals surface area contributed by atoms with E-state index in [4.69, 9.17) is 47.4 Å². The van der Waals surface area contributed by atoms with Gasteiger partial charge in [-0.1, -0.05) is 19.4 Å². The van der Waals surface area contributed by atoms with Gasteiger partial charge in [-0.2, -0.15) is 0 Å². The van der Waals surface area contributed by atoms with Crippen LogP contribution in [0.3, 0.4) is 0 Å². The van der Waals surface area contributed by atoms with Crippen molar-refractivity contribution in [3.05, 3.63) is 146 Å². The van der Waals surface area contributed by atoms with Crippen molar-refractivity contribution in [2.45, 2.75) is 71.1 Å². The van der Waals surface area contributed by atoms with Gasteiger partial charge in [-0.15, -0.1) is 0 Å². The maximum absolute atomic E-state index is 13.5. The molecule has 0 aliphatic heterocycles. The van der Waals surface area contributed by atoms with Crippen molar-refractivity contribution in [2.75, 3.05) is 83.2 Å². The number of benzene rings is 5. The smallest absolute Gasteiger partial charge is 0.257 e. The van der Waals surface area contributed by atoms with E-state index in [1.54, 1.807) is 69.3 Å². The van der Waals surface area contributed by atoms with Crippen molar-refractivity contribution in [3.8, 4) is 57.5 Å². The van der Waals surface area contributed by atoms with Crippen LogP contribution in [0.5, 0.6) is 57.5 Å². The number of carbonyl (C=O) groups excluding carboxylic acids is 1. The van der Waals surface area contributed by atoms with Crippen molar-refractivity contribution in [3.63, 3.8) is 0 Å². The molecule has 14 nitrogen and oxygen atoms in total. The van der Waals surface area contributed by atoms with Crippen LogP contribution in [0.25, 0.3) is 0 Å². The quantitative estimate of drug-likeness (QED) is 0.0509. The lowest BCUT2D eigenvalue weighted by atomic mass is 9.94. The number of unbranched alkanes of at least 4 members (excludes halogenated alkanes) is 3. The van der Waals surface area contributed by atoms with E-state index >= 15 is 0 Å².